The minimum atomic E-state index is -0.972. The molecule has 0 radical (unpaired) electrons. The number of hydrogen-bond donors (Lipinski definition) is 3. The summed E-state index contributed by atoms with van der Waals surface area (Å²) in [4.78, 5) is 11.3. The molecule has 1 atom stereocenters. The van der Waals surface area contributed by atoms with Crippen molar-refractivity contribution in [2.75, 3.05) is 11.9 Å². The number of carbonyl (C=O) groups is 1. The molecule has 15 heavy (non-hydrogen) atoms. The maximum Gasteiger partial charge on any atom is 0.243 e. The molecule has 0 aliphatic heterocycles. The van der Waals surface area contributed by atoms with Crippen molar-refractivity contribution in [1.29, 1.82) is 0 Å². The average Bonchev–Trinajstić information content (AvgIpc) is 2.22. The second-order valence-corrected chi connectivity index (χ2v) is 3.75. The molecule has 0 bridgehead atoms. The van der Waals surface area contributed by atoms with Crippen LogP contribution in [0.2, 0.25) is 10.0 Å². The smallest absolute Gasteiger partial charge is 0.243 e. The predicted octanol–water partition coefficient (Wildman–Crippen LogP) is 1.25. The van der Waals surface area contributed by atoms with Crippen molar-refractivity contribution in [1.82, 2.24) is 0 Å². The van der Waals surface area contributed by atoms with Crippen LogP contribution in [0.1, 0.15) is 0 Å². The van der Waals surface area contributed by atoms with Crippen molar-refractivity contribution in [3.8, 4) is 0 Å². The quantitative estimate of drug-likeness (QED) is 0.754. The zero-order valence-electron chi connectivity index (χ0n) is 7.71. The first-order chi connectivity index (χ1) is 7.04. The number of halogens is 2. The van der Waals surface area contributed by atoms with E-state index >= 15 is 0 Å². The van der Waals surface area contributed by atoms with E-state index in [0.717, 1.165) is 0 Å². The van der Waals surface area contributed by atoms with E-state index in [1.807, 2.05) is 0 Å². The summed E-state index contributed by atoms with van der Waals surface area (Å²) in [5, 5.41) is 11.9. The molecule has 0 saturated heterocycles. The summed E-state index contributed by atoms with van der Waals surface area (Å²) in [6.07, 6.45) is 0. The number of carbonyl (C=O) groups excluding carboxylic acids is 1. The predicted molar refractivity (Wildman–Crippen MR) is 60.2 cm³/mol. The highest BCUT2D eigenvalue weighted by Gasteiger charge is 2.13. The molecule has 1 rings (SSSR count). The first-order valence-corrected chi connectivity index (χ1v) is 4.92. The molecule has 82 valence electrons. The van der Waals surface area contributed by atoms with Gasteiger partial charge in [-0.3, -0.25) is 4.79 Å². The second kappa shape index (κ2) is 5.32. The summed E-state index contributed by atoms with van der Waals surface area (Å²) < 4.78 is 0. The van der Waals surface area contributed by atoms with Gasteiger partial charge in [-0.25, -0.2) is 0 Å². The van der Waals surface area contributed by atoms with Crippen molar-refractivity contribution in [2.45, 2.75) is 6.04 Å². The van der Waals surface area contributed by atoms with Crippen LogP contribution in [0.3, 0.4) is 0 Å². The SMILES string of the molecule is NC(CO)C(=O)Nc1cc(Cl)ccc1Cl. The largest absolute Gasteiger partial charge is 0.394 e. The van der Waals surface area contributed by atoms with Crippen molar-refractivity contribution < 1.29 is 9.90 Å². The van der Waals surface area contributed by atoms with E-state index in [1.54, 1.807) is 12.1 Å². The van der Waals surface area contributed by atoms with E-state index in [0.29, 0.717) is 15.7 Å². The highest BCUT2D eigenvalue weighted by molar-refractivity contribution is 6.35. The average molecular weight is 249 g/mol. The summed E-state index contributed by atoms with van der Waals surface area (Å²) in [5.41, 5.74) is 5.69. The van der Waals surface area contributed by atoms with E-state index in [1.165, 1.54) is 6.07 Å². The van der Waals surface area contributed by atoms with E-state index in [2.05, 4.69) is 5.32 Å². The Morgan fingerprint density at radius 3 is 2.80 bits per heavy atom. The Hall–Kier alpha value is -0.810. The maximum atomic E-state index is 11.3. The second-order valence-electron chi connectivity index (χ2n) is 2.90. The van der Waals surface area contributed by atoms with Crippen LogP contribution in [0, 0.1) is 0 Å². The van der Waals surface area contributed by atoms with E-state index in [9.17, 15) is 4.79 Å². The first kappa shape index (κ1) is 12.3. The molecule has 4 nitrogen and oxygen atoms in total. The van der Waals surface area contributed by atoms with E-state index in [-0.39, 0.29) is 0 Å². The van der Waals surface area contributed by atoms with Crippen LogP contribution in [0.15, 0.2) is 18.2 Å². The van der Waals surface area contributed by atoms with Crippen LogP contribution in [-0.2, 0) is 4.79 Å². The van der Waals surface area contributed by atoms with Crippen molar-refractivity contribution in [3.05, 3.63) is 28.2 Å². The molecule has 0 fully saturated rings. The fourth-order valence-corrected chi connectivity index (χ4v) is 1.24. The zero-order chi connectivity index (χ0) is 11.4. The van der Waals surface area contributed by atoms with Crippen molar-refractivity contribution in [3.63, 3.8) is 0 Å². The van der Waals surface area contributed by atoms with Gasteiger partial charge in [0.05, 0.1) is 17.3 Å². The molecule has 0 aliphatic rings. The van der Waals surface area contributed by atoms with Crippen LogP contribution >= 0.6 is 23.2 Å². The fourth-order valence-electron chi connectivity index (χ4n) is 0.902. The molecule has 0 saturated carbocycles. The van der Waals surface area contributed by atoms with Gasteiger partial charge in [0.15, 0.2) is 0 Å². The topological polar surface area (TPSA) is 75.3 Å². The van der Waals surface area contributed by atoms with Crippen molar-refractivity contribution >= 4 is 34.8 Å². The Morgan fingerprint density at radius 2 is 2.20 bits per heavy atom. The standard InChI is InChI=1S/C9H10Cl2N2O2/c10-5-1-2-6(11)8(3-5)13-9(15)7(12)4-14/h1-3,7,14H,4,12H2,(H,13,15). The lowest BCUT2D eigenvalue weighted by Crippen LogP contribution is -2.38. The van der Waals surface area contributed by atoms with Crippen LogP contribution < -0.4 is 11.1 Å². The Balaban J connectivity index is 2.80. The first-order valence-electron chi connectivity index (χ1n) is 4.17. The monoisotopic (exact) mass is 248 g/mol. The summed E-state index contributed by atoms with van der Waals surface area (Å²) in [5.74, 6) is -0.512. The molecule has 6 heteroatoms. The molecule has 0 spiro atoms. The normalized spacial score (nSPS) is 12.3. The molecule has 0 heterocycles. The third-order valence-corrected chi connectivity index (χ3v) is 2.28. The minimum Gasteiger partial charge on any atom is -0.394 e. The van der Waals surface area contributed by atoms with Gasteiger partial charge >= 0.3 is 0 Å². The number of rotatable bonds is 3. The van der Waals surface area contributed by atoms with Crippen LogP contribution in [-0.4, -0.2) is 23.7 Å². The van der Waals surface area contributed by atoms with Crippen LogP contribution in [0.25, 0.3) is 0 Å². The Labute approximate surface area is 97.0 Å². The molecule has 1 unspecified atom stereocenters. The van der Waals surface area contributed by atoms with Gasteiger partial charge in [0, 0.05) is 5.02 Å². The van der Waals surface area contributed by atoms with Gasteiger partial charge in [-0.15, -0.1) is 0 Å². The molecule has 0 aromatic heterocycles. The highest BCUT2D eigenvalue weighted by Crippen LogP contribution is 2.25. The third kappa shape index (κ3) is 3.35. The number of aliphatic hydroxyl groups excluding tert-OH is 1. The van der Waals surface area contributed by atoms with Gasteiger partial charge in [0.1, 0.15) is 6.04 Å². The summed E-state index contributed by atoms with van der Waals surface area (Å²) in [7, 11) is 0. The number of nitrogens with one attached hydrogen (secondary N) is 1. The van der Waals surface area contributed by atoms with Gasteiger partial charge in [-0.1, -0.05) is 23.2 Å². The van der Waals surface area contributed by atoms with Gasteiger partial charge in [-0.2, -0.15) is 0 Å². The molecular weight excluding hydrogens is 239 g/mol. The third-order valence-electron chi connectivity index (χ3n) is 1.72. The number of anilines is 1. The van der Waals surface area contributed by atoms with E-state index < -0.39 is 18.6 Å². The zero-order valence-corrected chi connectivity index (χ0v) is 9.22. The summed E-state index contributed by atoms with van der Waals surface area (Å²) in [6, 6.07) is 3.70. The number of hydrogen-bond acceptors (Lipinski definition) is 3. The Morgan fingerprint density at radius 1 is 1.53 bits per heavy atom. The lowest BCUT2D eigenvalue weighted by Gasteiger charge is -2.10. The van der Waals surface area contributed by atoms with Crippen LogP contribution in [0.5, 0.6) is 0 Å². The van der Waals surface area contributed by atoms with Gasteiger partial charge in [0.2, 0.25) is 5.91 Å². The minimum absolute atomic E-state index is 0.359. The van der Waals surface area contributed by atoms with Gasteiger partial charge in [-0.05, 0) is 18.2 Å². The molecule has 1 aromatic carbocycles. The number of benzene rings is 1. The highest BCUT2D eigenvalue weighted by atomic mass is 35.5. The number of nitrogens with two attached hydrogens (primary N) is 1. The lowest BCUT2D eigenvalue weighted by molar-refractivity contribution is -0.118. The number of amides is 1. The van der Waals surface area contributed by atoms with Crippen molar-refractivity contribution in [2.24, 2.45) is 5.73 Å². The lowest BCUT2D eigenvalue weighted by atomic mass is 10.2. The molecule has 0 aliphatic carbocycles. The van der Waals surface area contributed by atoms with Gasteiger partial charge < -0.3 is 16.2 Å². The molecule has 1 amide bonds. The summed E-state index contributed by atoms with van der Waals surface area (Å²) >= 11 is 11.5. The molecule has 4 N–H and O–H groups in total. The van der Waals surface area contributed by atoms with Gasteiger partial charge in [0.25, 0.3) is 0 Å². The van der Waals surface area contributed by atoms with Crippen LogP contribution in [0.4, 0.5) is 5.69 Å². The molecular formula is C9H10Cl2N2O2. The maximum absolute atomic E-state index is 11.3. The summed E-state index contributed by atoms with van der Waals surface area (Å²) in [6.45, 7) is -0.427. The fraction of sp³-hybridized carbons (Fsp3) is 0.222. The number of aliphatic hydroxyl groups is 1. The Bertz CT molecular complexity index is 371. The molecule has 1 aromatic rings. The Kier molecular flexibility index (Phi) is 4.35. The van der Waals surface area contributed by atoms with E-state index in [4.69, 9.17) is 34.0 Å².